The lowest BCUT2D eigenvalue weighted by Crippen LogP contribution is -3.00. The van der Waals surface area contributed by atoms with Gasteiger partial charge < -0.3 is 29.6 Å². The third-order valence-corrected chi connectivity index (χ3v) is 4.67. The minimum atomic E-state index is 0. The van der Waals surface area contributed by atoms with Crippen LogP contribution in [0.4, 0.5) is 17.1 Å². The number of benzene rings is 3. The molecule has 0 unspecified atom stereocenters. The molecule has 0 aliphatic heterocycles. The van der Waals surface area contributed by atoms with Crippen molar-refractivity contribution in [2.75, 3.05) is 17.2 Å². The van der Waals surface area contributed by atoms with E-state index in [1.807, 2.05) is 54.6 Å². The molecule has 1 heterocycles. The maximum Gasteiger partial charge on any atom is 0.221 e. The normalized spacial score (nSPS) is 10.7. The number of nitrogen functional groups attached to an aromatic ring is 3. The van der Waals surface area contributed by atoms with Crippen LogP contribution in [0.2, 0.25) is 0 Å². The second-order valence-corrected chi connectivity index (χ2v) is 6.45. The number of nitrogens with two attached hydrogens (primary N) is 3. The molecule has 27 heavy (non-hydrogen) atoms. The number of fused-ring (bicyclic) bond motifs is 3. The number of nitrogens with zero attached hydrogens (tertiary/aromatic N) is 1. The molecule has 0 radical (unpaired) electrons. The maximum atomic E-state index is 6.12. The van der Waals surface area contributed by atoms with Gasteiger partial charge in [-0.3, -0.25) is 0 Å². The minimum absolute atomic E-state index is 0. The van der Waals surface area contributed by atoms with Crippen molar-refractivity contribution < 1.29 is 17.0 Å². The van der Waals surface area contributed by atoms with Crippen molar-refractivity contribution in [2.45, 2.75) is 6.54 Å². The Balaban J connectivity index is 0.00000210. The Kier molecular flexibility index (Phi) is 4.93. The topological polar surface area (TPSA) is 81.9 Å². The zero-order chi connectivity index (χ0) is 18.3. The second-order valence-electron chi connectivity index (χ2n) is 6.45. The van der Waals surface area contributed by atoms with E-state index in [2.05, 4.69) is 23.3 Å². The summed E-state index contributed by atoms with van der Waals surface area (Å²) in [7, 11) is 0. The van der Waals surface area contributed by atoms with Gasteiger partial charge in [0.2, 0.25) is 11.2 Å². The van der Waals surface area contributed by atoms with Gasteiger partial charge in [-0.1, -0.05) is 12.6 Å². The van der Waals surface area contributed by atoms with Gasteiger partial charge in [-0.15, -0.1) is 0 Å². The highest BCUT2D eigenvalue weighted by Crippen LogP contribution is 2.33. The number of pyridine rings is 1. The molecule has 0 atom stereocenters. The van der Waals surface area contributed by atoms with Crippen LogP contribution in [0.1, 0.15) is 0 Å². The van der Waals surface area contributed by atoms with Gasteiger partial charge in [0, 0.05) is 34.1 Å². The zero-order valence-electron chi connectivity index (χ0n) is 14.8. The van der Waals surface area contributed by atoms with Crippen LogP contribution in [-0.2, 0) is 6.54 Å². The predicted molar refractivity (Wildman–Crippen MR) is 111 cm³/mol. The molecule has 5 heteroatoms. The van der Waals surface area contributed by atoms with Gasteiger partial charge in [0.15, 0.2) is 6.54 Å². The first-order chi connectivity index (χ1) is 12.6. The largest absolute Gasteiger partial charge is 1.00 e. The minimum Gasteiger partial charge on any atom is -1.00 e. The molecule has 0 fully saturated rings. The van der Waals surface area contributed by atoms with Crippen LogP contribution in [0.5, 0.6) is 0 Å². The summed E-state index contributed by atoms with van der Waals surface area (Å²) < 4.78 is 2.23. The molecule has 0 bridgehead atoms. The lowest BCUT2D eigenvalue weighted by atomic mass is 9.98. The Hall–Kier alpha value is -3.24. The van der Waals surface area contributed by atoms with Gasteiger partial charge in [-0.25, -0.2) is 0 Å². The molecule has 0 saturated carbocycles. The molecule has 0 saturated heterocycles. The maximum absolute atomic E-state index is 6.12. The summed E-state index contributed by atoms with van der Waals surface area (Å²) in [6.07, 6.45) is 1.89. The van der Waals surface area contributed by atoms with Crippen LogP contribution in [0, 0.1) is 0 Å². The summed E-state index contributed by atoms with van der Waals surface area (Å²) >= 11 is 0. The summed E-state index contributed by atoms with van der Waals surface area (Å²) in [5.41, 5.74) is 23.5. The summed E-state index contributed by atoms with van der Waals surface area (Å²) in [6, 6.07) is 19.9. The molecule has 3 aromatic carbocycles. The molecule has 136 valence electrons. The molecule has 4 rings (SSSR count). The second kappa shape index (κ2) is 7.17. The molecule has 0 spiro atoms. The van der Waals surface area contributed by atoms with E-state index in [0.717, 1.165) is 50.0 Å². The molecule has 4 nitrogen and oxygen atoms in total. The van der Waals surface area contributed by atoms with E-state index in [1.165, 1.54) is 0 Å². The average Bonchev–Trinajstić information content (AvgIpc) is 2.63. The number of rotatable bonds is 3. The number of aromatic nitrogens is 1. The fraction of sp³-hybridized carbons (Fsp3) is 0.0455. The van der Waals surface area contributed by atoms with Gasteiger partial charge in [0.05, 0.1) is 10.8 Å². The smallest absolute Gasteiger partial charge is 0.221 e. The van der Waals surface area contributed by atoms with Gasteiger partial charge >= 0.3 is 0 Å². The van der Waals surface area contributed by atoms with Gasteiger partial charge in [-0.2, -0.15) is 4.57 Å². The number of allylic oxidation sites excluding steroid dienone is 1. The van der Waals surface area contributed by atoms with Crippen molar-refractivity contribution in [3.63, 3.8) is 0 Å². The molecular weight excluding hydrogens is 356 g/mol. The molecule has 4 aromatic rings. The Bertz CT molecular complexity index is 1150. The first-order valence-corrected chi connectivity index (χ1v) is 8.49. The first-order valence-electron chi connectivity index (χ1n) is 8.49. The van der Waals surface area contributed by atoms with Crippen LogP contribution >= 0.6 is 0 Å². The Labute approximate surface area is 164 Å². The van der Waals surface area contributed by atoms with Crippen LogP contribution in [0.15, 0.2) is 73.3 Å². The predicted octanol–water partition coefficient (Wildman–Crippen LogP) is 0.884. The van der Waals surface area contributed by atoms with Gasteiger partial charge in [-0.05, 0) is 54.6 Å². The summed E-state index contributed by atoms with van der Waals surface area (Å²) in [4.78, 5) is 0. The van der Waals surface area contributed by atoms with E-state index in [1.54, 1.807) is 0 Å². The van der Waals surface area contributed by atoms with Crippen LogP contribution in [-0.4, -0.2) is 0 Å². The SMILES string of the molecule is C=CC[n+]1c(-c2ccc(N)cc2)c2cc(N)ccc2c2ccc(N)cc21.[Cl-]. The zero-order valence-corrected chi connectivity index (χ0v) is 15.6. The summed E-state index contributed by atoms with van der Waals surface area (Å²) in [5, 5.41) is 3.37. The quantitative estimate of drug-likeness (QED) is 0.215. The number of hydrogen-bond acceptors (Lipinski definition) is 3. The van der Waals surface area contributed by atoms with E-state index < -0.39 is 0 Å². The molecule has 0 aliphatic rings. The fourth-order valence-corrected chi connectivity index (χ4v) is 3.53. The highest BCUT2D eigenvalue weighted by atomic mass is 35.5. The van der Waals surface area contributed by atoms with Crippen LogP contribution in [0.25, 0.3) is 32.9 Å². The van der Waals surface area contributed by atoms with Crippen molar-refractivity contribution >= 4 is 38.7 Å². The fourth-order valence-electron chi connectivity index (χ4n) is 3.53. The Morgan fingerprint density at radius 3 is 2.00 bits per heavy atom. The van der Waals surface area contributed by atoms with Gasteiger partial charge in [0.25, 0.3) is 0 Å². The Morgan fingerprint density at radius 1 is 0.741 bits per heavy atom. The molecule has 1 aromatic heterocycles. The Morgan fingerprint density at radius 2 is 1.33 bits per heavy atom. The third-order valence-electron chi connectivity index (χ3n) is 4.67. The van der Waals surface area contributed by atoms with Crippen molar-refractivity contribution in [3.8, 4) is 11.3 Å². The number of anilines is 3. The third kappa shape index (κ3) is 3.15. The van der Waals surface area contributed by atoms with Crippen molar-refractivity contribution in [1.29, 1.82) is 0 Å². The number of hydrogen-bond donors (Lipinski definition) is 3. The van der Waals surface area contributed by atoms with E-state index in [-0.39, 0.29) is 12.4 Å². The van der Waals surface area contributed by atoms with Crippen LogP contribution < -0.4 is 34.2 Å². The lowest BCUT2D eigenvalue weighted by Gasteiger charge is -2.12. The number of halogens is 1. The highest BCUT2D eigenvalue weighted by molar-refractivity contribution is 6.10. The lowest BCUT2D eigenvalue weighted by molar-refractivity contribution is -0.648. The van der Waals surface area contributed by atoms with Crippen molar-refractivity contribution in [3.05, 3.63) is 73.3 Å². The van der Waals surface area contributed by atoms with Crippen molar-refractivity contribution in [1.82, 2.24) is 0 Å². The molecule has 0 amide bonds. The molecular formula is C22H21ClN4. The van der Waals surface area contributed by atoms with E-state index in [0.29, 0.717) is 6.54 Å². The van der Waals surface area contributed by atoms with E-state index in [9.17, 15) is 0 Å². The molecule has 6 N–H and O–H groups in total. The van der Waals surface area contributed by atoms with Crippen LogP contribution in [0.3, 0.4) is 0 Å². The summed E-state index contributed by atoms with van der Waals surface area (Å²) in [5.74, 6) is 0. The van der Waals surface area contributed by atoms with E-state index >= 15 is 0 Å². The first kappa shape index (κ1) is 18.5. The monoisotopic (exact) mass is 376 g/mol. The van der Waals surface area contributed by atoms with Crippen molar-refractivity contribution in [2.24, 2.45) is 0 Å². The van der Waals surface area contributed by atoms with Gasteiger partial charge in [0.1, 0.15) is 0 Å². The summed E-state index contributed by atoms with van der Waals surface area (Å²) in [6.45, 7) is 4.59. The van der Waals surface area contributed by atoms with E-state index in [4.69, 9.17) is 17.2 Å². The average molecular weight is 377 g/mol. The molecule has 0 aliphatic carbocycles. The standard InChI is InChI=1S/C22H20N4.ClH/c1-2-11-26-21-13-17(25)8-10-19(21)18-9-7-16(24)12-20(18)22(26)14-3-5-15(23)6-4-14;/h2-10,12-13H,1,11,24H2,(H3,23,25);1H. The highest BCUT2D eigenvalue weighted by Gasteiger charge is 2.22.